The van der Waals surface area contributed by atoms with Crippen molar-refractivity contribution in [2.75, 3.05) is 39.6 Å². The van der Waals surface area contributed by atoms with Gasteiger partial charge in [-0.3, -0.25) is 37.3 Å². The van der Waals surface area contributed by atoms with Gasteiger partial charge in [0.25, 0.3) is 0 Å². The van der Waals surface area contributed by atoms with E-state index in [1.165, 1.54) is 225 Å². The minimum absolute atomic E-state index is 0.107. The van der Waals surface area contributed by atoms with E-state index < -0.39 is 97.5 Å². The van der Waals surface area contributed by atoms with Crippen molar-refractivity contribution in [2.24, 2.45) is 0 Å². The lowest BCUT2D eigenvalue weighted by molar-refractivity contribution is -0.161. The van der Waals surface area contributed by atoms with Crippen LogP contribution in [0, 0.1) is 0 Å². The van der Waals surface area contributed by atoms with E-state index in [1.807, 2.05) is 0 Å². The maximum absolute atomic E-state index is 13.1. The molecule has 0 saturated heterocycles. The molecule has 0 aliphatic heterocycles. The predicted octanol–water partition coefficient (Wildman–Crippen LogP) is 22.2. The van der Waals surface area contributed by atoms with Crippen LogP contribution in [0.25, 0.3) is 0 Å². The first kappa shape index (κ1) is 92.1. The highest BCUT2D eigenvalue weighted by atomic mass is 31.2. The van der Waals surface area contributed by atoms with Gasteiger partial charge in [0.2, 0.25) is 0 Å². The molecule has 0 heterocycles. The van der Waals surface area contributed by atoms with Gasteiger partial charge in [0.1, 0.15) is 19.3 Å². The molecule has 0 aromatic heterocycles. The summed E-state index contributed by atoms with van der Waals surface area (Å²) in [5, 5.41) is 10.6. The molecule has 0 saturated carbocycles. The van der Waals surface area contributed by atoms with Crippen LogP contribution in [0.2, 0.25) is 0 Å². The number of carbonyl (C=O) groups is 4. The summed E-state index contributed by atoms with van der Waals surface area (Å²) in [6.45, 7) is 4.89. The Kier molecular flexibility index (Phi) is 68.1. The van der Waals surface area contributed by atoms with Crippen LogP contribution < -0.4 is 0 Å². The molecule has 0 radical (unpaired) electrons. The number of hydrogen-bond acceptors (Lipinski definition) is 15. The van der Waals surface area contributed by atoms with E-state index in [0.717, 1.165) is 96.3 Å². The molecule has 0 aliphatic rings. The smallest absolute Gasteiger partial charge is 0.462 e. The zero-order valence-corrected chi connectivity index (χ0v) is 62.7. The Morgan fingerprint density at radius 2 is 0.426 bits per heavy atom. The van der Waals surface area contributed by atoms with E-state index in [1.54, 1.807) is 0 Å². The Labute approximate surface area is 575 Å². The van der Waals surface area contributed by atoms with Crippen molar-refractivity contribution in [1.82, 2.24) is 0 Å². The zero-order chi connectivity index (χ0) is 69.0. The van der Waals surface area contributed by atoms with Crippen molar-refractivity contribution in [3.05, 3.63) is 0 Å². The first-order valence-corrected chi connectivity index (χ1v) is 42.3. The predicted molar refractivity (Wildman–Crippen MR) is 382 cm³/mol. The first-order chi connectivity index (χ1) is 45.7. The number of rotatable bonds is 76. The van der Waals surface area contributed by atoms with E-state index in [0.29, 0.717) is 25.7 Å². The number of ether oxygens (including phenoxy) is 4. The van der Waals surface area contributed by atoms with E-state index in [4.69, 9.17) is 37.0 Å². The van der Waals surface area contributed by atoms with Gasteiger partial charge >= 0.3 is 39.5 Å². The van der Waals surface area contributed by atoms with Crippen molar-refractivity contribution in [3.8, 4) is 0 Å². The summed E-state index contributed by atoms with van der Waals surface area (Å²) in [7, 11) is -9.89. The van der Waals surface area contributed by atoms with Crippen LogP contribution in [-0.4, -0.2) is 96.7 Å². The third-order valence-corrected chi connectivity index (χ3v) is 19.5. The second-order valence-electron chi connectivity index (χ2n) is 27.0. The summed E-state index contributed by atoms with van der Waals surface area (Å²) in [5.41, 5.74) is 0. The minimum atomic E-state index is -4.95. The molecule has 19 heteroatoms. The van der Waals surface area contributed by atoms with Gasteiger partial charge < -0.3 is 33.8 Å². The second-order valence-corrected chi connectivity index (χ2v) is 29.9. The number of unbranched alkanes of at least 4 members (excludes halogenated alkanes) is 50. The van der Waals surface area contributed by atoms with E-state index in [9.17, 15) is 43.2 Å². The van der Waals surface area contributed by atoms with Gasteiger partial charge in [-0.25, -0.2) is 9.13 Å². The molecule has 0 aromatic carbocycles. The fraction of sp³-hybridized carbons (Fsp3) is 0.947. The third-order valence-electron chi connectivity index (χ3n) is 17.6. The van der Waals surface area contributed by atoms with Gasteiger partial charge in [-0.15, -0.1) is 0 Å². The van der Waals surface area contributed by atoms with Gasteiger partial charge in [-0.1, -0.05) is 349 Å². The Balaban J connectivity index is 5.10. The second kappa shape index (κ2) is 69.5. The summed E-state index contributed by atoms with van der Waals surface area (Å²) in [5.74, 6) is -2.13. The highest BCUT2D eigenvalue weighted by Crippen LogP contribution is 2.45. The minimum Gasteiger partial charge on any atom is -0.462 e. The van der Waals surface area contributed by atoms with Gasteiger partial charge in [-0.05, 0) is 25.7 Å². The maximum Gasteiger partial charge on any atom is 0.472 e. The lowest BCUT2D eigenvalue weighted by Crippen LogP contribution is -2.30. The SMILES string of the molecule is CCCCCCCCCCCCCCCCCCCCCCCCC(=O)O[C@H](COC(=O)CCCCCCCCCCCCCCCCC)COP(=O)(O)OC[C@@H](O)COP(=O)(O)OC[C@@H](COC(=O)CCCCCCC)OC(=O)CCCCCCCCCCCCCC. The standard InChI is InChI=1S/C75H146O17P2/c1-5-9-13-17-20-23-26-29-31-32-33-34-35-36-37-39-41-44-47-50-54-58-62-75(80)92-71(66-86-73(78)60-56-52-48-45-43-40-38-30-27-24-21-18-14-10-6-2)68-90-94(83,84)88-64-69(76)63-87-93(81,82)89-67-70(65-85-72(77)59-55-51-16-12-8-4)91-74(79)61-57-53-49-46-42-28-25-22-19-15-11-7-3/h69-71,76H,5-68H2,1-4H3,(H,81,82)(H,83,84)/t69-,70+,71+/m0/s1. The molecule has 0 rings (SSSR count). The summed E-state index contributed by atoms with van der Waals surface area (Å²) in [6.07, 6.45) is 60.2. The number of aliphatic hydroxyl groups excluding tert-OH is 1. The molecular weight excluding hydrogens is 1230 g/mol. The van der Waals surface area contributed by atoms with Crippen LogP contribution in [-0.2, 0) is 65.4 Å². The summed E-state index contributed by atoms with van der Waals surface area (Å²) in [4.78, 5) is 72.4. The fourth-order valence-electron chi connectivity index (χ4n) is 11.6. The van der Waals surface area contributed by atoms with Crippen molar-refractivity contribution in [3.63, 3.8) is 0 Å². The molecule has 5 atom stereocenters. The Morgan fingerprint density at radius 1 is 0.255 bits per heavy atom. The van der Waals surface area contributed by atoms with Gasteiger partial charge in [0.15, 0.2) is 12.2 Å². The Hall–Kier alpha value is -1.94. The molecule has 0 aliphatic carbocycles. The molecule has 0 aromatic rings. The number of esters is 4. The van der Waals surface area contributed by atoms with Gasteiger partial charge in [0, 0.05) is 25.7 Å². The average molecular weight is 1380 g/mol. The van der Waals surface area contributed by atoms with E-state index >= 15 is 0 Å². The monoisotopic (exact) mass is 1380 g/mol. The van der Waals surface area contributed by atoms with Crippen molar-refractivity contribution >= 4 is 39.5 Å². The molecule has 558 valence electrons. The Morgan fingerprint density at radius 3 is 0.628 bits per heavy atom. The molecular formula is C75H146O17P2. The number of phosphoric acid groups is 2. The summed E-state index contributed by atoms with van der Waals surface area (Å²) < 4.78 is 68.2. The van der Waals surface area contributed by atoms with Gasteiger partial charge in [-0.2, -0.15) is 0 Å². The molecule has 2 unspecified atom stereocenters. The molecule has 3 N–H and O–H groups in total. The zero-order valence-electron chi connectivity index (χ0n) is 60.9. The maximum atomic E-state index is 13.1. The van der Waals surface area contributed by atoms with E-state index in [2.05, 4.69) is 27.7 Å². The number of carbonyl (C=O) groups excluding carboxylic acids is 4. The normalized spacial score (nSPS) is 13.9. The molecule has 94 heavy (non-hydrogen) atoms. The van der Waals surface area contributed by atoms with Crippen molar-refractivity contribution in [2.45, 2.75) is 418 Å². The largest absolute Gasteiger partial charge is 0.472 e. The van der Waals surface area contributed by atoms with Crippen LogP contribution in [0.4, 0.5) is 0 Å². The summed E-state index contributed by atoms with van der Waals surface area (Å²) in [6, 6.07) is 0. The number of phosphoric ester groups is 2. The van der Waals surface area contributed by atoms with Crippen LogP contribution in [0.5, 0.6) is 0 Å². The molecule has 0 bridgehead atoms. The average Bonchev–Trinajstić information content (AvgIpc) is 2.14. The quantitative estimate of drug-likeness (QED) is 0.0222. The fourth-order valence-corrected chi connectivity index (χ4v) is 13.2. The third kappa shape index (κ3) is 68.6. The van der Waals surface area contributed by atoms with Crippen LogP contribution in [0.1, 0.15) is 400 Å². The van der Waals surface area contributed by atoms with Crippen molar-refractivity contribution < 1.29 is 80.2 Å². The number of hydrogen-bond donors (Lipinski definition) is 3. The summed E-state index contributed by atoms with van der Waals surface area (Å²) >= 11 is 0. The highest BCUT2D eigenvalue weighted by molar-refractivity contribution is 7.47. The topological polar surface area (TPSA) is 237 Å². The lowest BCUT2D eigenvalue weighted by atomic mass is 10.0. The Bertz CT molecular complexity index is 1790. The van der Waals surface area contributed by atoms with Crippen LogP contribution in [0.3, 0.4) is 0 Å². The highest BCUT2D eigenvalue weighted by Gasteiger charge is 2.30. The van der Waals surface area contributed by atoms with Crippen LogP contribution >= 0.6 is 15.6 Å². The van der Waals surface area contributed by atoms with Crippen LogP contribution in [0.15, 0.2) is 0 Å². The molecule has 0 spiro atoms. The van der Waals surface area contributed by atoms with E-state index in [-0.39, 0.29) is 25.7 Å². The molecule has 0 fully saturated rings. The lowest BCUT2D eigenvalue weighted by Gasteiger charge is -2.21. The van der Waals surface area contributed by atoms with Crippen molar-refractivity contribution in [1.29, 1.82) is 0 Å². The van der Waals surface area contributed by atoms with Gasteiger partial charge in [0.05, 0.1) is 26.4 Å². The first-order valence-electron chi connectivity index (χ1n) is 39.3. The number of aliphatic hydroxyl groups is 1. The molecule has 0 amide bonds. The molecule has 17 nitrogen and oxygen atoms in total.